The Morgan fingerprint density at radius 3 is 2.61 bits per heavy atom. The number of nitrogens with one attached hydrogen (secondary N) is 1. The normalized spacial score (nSPS) is 13.2. The Kier molecular flexibility index (Phi) is 5.90. The van der Waals surface area contributed by atoms with Crippen LogP contribution in [0.5, 0.6) is 0 Å². The molecule has 2 aromatic rings. The van der Waals surface area contributed by atoms with Gasteiger partial charge in [0.05, 0.1) is 23.6 Å². The molecule has 0 radical (unpaired) electrons. The largest absolute Gasteiger partial charge is 0.469 e. The number of benzene rings is 1. The van der Waals surface area contributed by atoms with Crippen LogP contribution in [-0.2, 0) is 14.3 Å². The van der Waals surface area contributed by atoms with Gasteiger partial charge in [-0.1, -0.05) is 11.1 Å². The Bertz CT molecular complexity index is 1040. The third-order valence-electron chi connectivity index (χ3n) is 4.30. The summed E-state index contributed by atoms with van der Waals surface area (Å²) in [7, 11) is 1.23. The van der Waals surface area contributed by atoms with Crippen molar-refractivity contribution in [3.8, 4) is 11.8 Å². The van der Waals surface area contributed by atoms with Crippen LogP contribution in [0.25, 0.3) is 10.8 Å². The topological polar surface area (TPSA) is 119 Å². The summed E-state index contributed by atoms with van der Waals surface area (Å²) in [6.07, 6.45) is -0.267. The zero-order valence-corrected chi connectivity index (χ0v) is 16.4. The van der Waals surface area contributed by atoms with Crippen molar-refractivity contribution in [3.63, 3.8) is 0 Å². The molecular weight excluding hydrogens is 364 g/mol. The Hall–Kier alpha value is -3.18. The van der Waals surface area contributed by atoms with Gasteiger partial charge in [0.2, 0.25) is 5.60 Å². The number of anilines is 1. The van der Waals surface area contributed by atoms with Crippen molar-refractivity contribution in [2.45, 2.75) is 39.7 Å². The first kappa shape index (κ1) is 21.1. The SMILES string of the molecule is CC#CC(O)(CC(C)(C)C(=O)OC)C(=O)Nc1ccc2c(=O)onc(C)c2c1. The van der Waals surface area contributed by atoms with E-state index in [1.807, 2.05) is 0 Å². The van der Waals surface area contributed by atoms with Crippen molar-refractivity contribution in [1.82, 2.24) is 5.16 Å². The lowest BCUT2D eigenvalue weighted by Gasteiger charge is -2.30. The Morgan fingerprint density at radius 1 is 1.32 bits per heavy atom. The Balaban J connectivity index is 2.37. The predicted octanol–water partition coefficient (Wildman–Crippen LogP) is 1.78. The number of carbonyl (C=O) groups is 2. The van der Waals surface area contributed by atoms with Gasteiger partial charge in [-0.25, -0.2) is 4.79 Å². The van der Waals surface area contributed by atoms with E-state index in [0.717, 1.165) is 0 Å². The molecule has 1 aromatic carbocycles. The van der Waals surface area contributed by atoms with Crippen LogP contribution in [0.1, 0.15) is 32.9 Å². The number of aryl methyl sites for hydroxylation is 1. The van der Waals surface area contributed by atoms with Gasteiger partial charge in [-0.15, -0.1) is 5.92 Å². The summed E-state index contributed by atoms with van der Waals surface area (Å²) in [5, 5.41) is 17.9. The number of amides is 1. The summed E-state index contributed by atoms with van der Waals surface area (Å²) in [6.45, 7) is 6.25. The molecule has 0 aliphatic rings. The second kappa shape index (κ2) is 7.82. The predicted molar refractivity (Wildman–Crippen MR) is 102 cm³/mol. The second-order valence-corrected chi connectivity index (χ2v) is 7.06. The van der Waals surface area contributed by atoms with E-state index >= 15 is 0 Å². The molecule has 0 fully saturated rings. The van der Waals surface area contributed by atoms with Gasteiger partial charge in [0, 0.05) is 17.5 Å². The maximum absolute atomic E-state index is 12.8. The fourth-order valence-corrected chi connectivity index (χ4v) is 2.92. The van der Waals surface area contributed by atoms with Crippen LogP contribution in [0.4, 0.5) is 5.69 Å². The third-order valence-corrected chi connectivity index (χ3v) is 4.30. The number of aliphatic hydroxyl groups is 1. The molecule has 0 aliphatic heterocycles. The molecule has 8 nitrogen and oxygen atoms in total. The lowest BCUT2D eigenvalue weighted by molar-refractivity contribution is -0.154. The average Bonchev–Trinajstić information content (AvgIpc) is 2.63. The lowest BCUT2D eigenvalue weighted by Crippen LogP contribution is -2.47. The minimum Gasteiger partial charge on any atom is -0.469 e. The highest BCUT2D eigenvalue weighted by atomic mass is 16.5. The van der Waals surface area contributed by atoms with Gasteiger partial charge >= 0.3 is 11.6 Å². The number of aromatic nitrogens is 1. The van der Waals surface area contributed by atoms with Crippen molar-refractivity contribution < 1.29 is 24.0 Å². The highest BCUT2D eigenvalue weighted by Gasteiger charge is 2.44. The first-order valence-corrected chi connectivity index (χ1v) is 8.50. The number of methoxy groups -OCH3 is 1. The van der Waals surface area contributed by atoms with E-state index in [0.29, 0.717) is 22.2 Å². The fourth-order valence-electron chi connectivity index (χ4n) is 2.92. The third kappa shape index (κ3) is 4.21. The lowest BCUT2D eigenvalue weighted by atomic mass is 9.80. The fraction of sp³-hybridized carbons (Fsp3) is 0.400. The molecule has 1 atom stereocenters. The van der Waals surface area contributed by atoms with Crippen LogP contribution >= 0.6 is 0 Å². The molecule has 28 heavy (non-hydrogen) atoms. The highest BCUT2D eigenvalue weighted by Crippen LogP contribution is 2.30. The molecule has 0 saturated carbocycles. The summed E-state index contributed by atoms with van der Waals surface area (Å²) in [6, 6.07) is 4.55. The summed E-state index contributed by atoms with van der Waals surface area (Å²) in [5.41, 5.74) is -3.05. The monoisotopic (exact) mass is 386 g/mol. The molecule has 2 N–H and O–H groups in total. The summed E-state index contributed by atoms with van der Waals surface area (Å²) in [4.78, 5) is 36.5. The first-order chi connectivity index (χ1) is 13.0. The first-order valence-electron chi connectivity index (χ1n) is 8.50. The smallest absolute Gasteiger partial charge is 0.366 e. The molecule has 2 rings (SSSR count). The summed E-state index contributed by atoms with van der Waals surface area (Å²) in [5.74, 6) is 3.63. The molecule has 0 aliphatic carbocycles. The molecule has 0 saturated heterocycles. The van der Waals surface area contributed by atoms with E-state index in [1.165, 1.54) is 26.2 Å². The zero-order valence-electron chi connectivity index (χ0n) is 16.4. The molecule has 148 valence electrons. The minimum absolute atomic E-state index is 0.267. The Labute approximate surface area is 161 Å². The van der Waals surface area contributed by atoms with Crippen LogP contribution in [-0.4, -0.2) is 34.9 Å². The van der Waals surface area contributed by atoms with Crippen LogP contribution in [0.15, 0.2) is 27.5 Å². The van der Waals surface area contributed by atoms with Gasteiger partial charge in [-0.2, -0.15) is 0 Å². The minimum atomic E-state index is -2.12. The number of rotatable bonds is 5. The van der Waals surface area contributed by atoms with Crippen molar-refractivity contribution in [3.05, 3.63) is 34.3 Å². The average molecular weight is 386 g/mol. The molecule has 1 amide bonds. The second-order valence-electron chi connectivity index (χ2n) is 7.06. The van der Waals surface area contributed by atoms with Gasteiger partial charge in [0.15, 0.2) is 0 Å². The molecule has 1 unspecified atom stereocenters. The van der Waals surface area contributed by atoms with Crippen molar-refractivity contribution >= 4 is 28.3 Å². The van der Waals surface area contributed by atoms with E-state index < -0.39 is 28.5 Å². The summed E-state index contributed by atoms with van der Waals surface area (Å²) >= 11 is 0. The number of fused-ring (bicyclic) bond motifs is 1. The van der Waals surface area contributed by atoms with Gasteiger partial charge in [-0.05, 0) is 45.9 Å². The standard InChI is InChI=1S/C20H22N2O6/c1-6-9-20(26,11-19(3,4)18(25)27-5)17(24)21-13-7-8-14-15(10-13)12(2)22-28-16(14)23/h7-8,10,26H,11H2,1-5H3,(H,21,24). The number of esters is 1. The number of nitrogens with zero attached hydrogens (tertiary/aromatic N) is 1. The van der Waals surface area contributed by atoms with E-state index in [1.54, 1.807) is 26.8 Å². The molecule has 0 bridgehead atoms. The van der Waals surface area contributed by atoms with Crippen molar-refractivity contribution in [2.24, 2.45) is 5.41 Å². The van der Waals surface area contributed by atoms with Crippen LogP contribution in [0.2, 0.25) is 0 Å². The number of hydrogen-bond donors (Lipinski definition) is 2. The van der Waals surface area contributed by atoms with Gasteiger partial charge in [0.25, 0.3) is 5.91 Å². The van der Waals surface area contributed by atoms with Gasteiger partial charge < -0.3 is 19.7 Å². The molecule has 8 heteroatoms. The number of carbonyl (C=O) groups excluding carboxylic acids is 2. The number of ether oxygens (including phenoxy) is 1. The van der Waals surface area contributed by atoms with Gasteiger partial charge in [0.1, 0.15) is 0 Å². The van der Waals surface area contributed by atoms with Crippen LogP contribution in [0.3, 0.4) is 0 Å². The van der Waals surface area contributed by atoms with Crippen LogP contribution in [0, 0.1) is 24.2 Å². The Morgan fingerprint density at radius 2 is 2.00 bits per heavy atom. The van der Waals surface area contributed by atoms with E-state index in [2.05, 4.69) is 26.8 Å². The quantitative estimate of drug-likeness (QED) is 0.594. The van der Waals surface area contributed by atoms with E-state index in [4.69, 9.17) is 4.74 Å². The van der Waals surface area contributed by atoms with Crippen molar-refractivity contribution in [1.29, 1.82) is 0 Å². The molecule has 1 aromatic heterocycles. The maximum atomic E-state index is 12.8. The molecular formula is C20H22N2O6. The molecule has 0 spiro atoms. The van der Waals surface area contributed by atoms with Gasteiger partial charge in [-0.3, -0.25) is 9.59 Å². The van der Waals surface area contributed by atoms with E-state index in [-0.39, 0.29) is 6.42 Å². The van der Waals surface area contributed by atoms with E-state index in [9.17, 15) is 19.5 Å². The van der Waals surface area contributed by atoms with Crippen molar-refractivity contribution in [2.75, 3.05) is 12.4 Å². The molecule has 1 heterocycles. The van der Waals surface area contributed by atoms with Crippen LogP contribution < -0.4 is 10.9 Å². The maximum Gasteiger partial charge on any atom is 0.366 e. The zero-order chi connectivity index (χ0) is 21.1. The highest BCUT2D eigenvalue weighted by molar-refractivity contribution is 6.01. The summed E-state index contributed by atoms with van der Waals surface area (Å²) < 4.78 is 9.41. The number of hydrogen-bond acceptors (Lipinski definition) is 7.